The van der Waals surface area contributed by atoms with Crippen molar-refractivity contribution in [2.24, 2.45) is 0 Å². The van der Waals surface area contributed by atoms with Gasteiger partial charge in [0.2, 0.25) is 0 Å². The molecule has 0 heterocycles. The largest absolute Gasteiger partial charge is 0.443 e. The molecule has 0 aliphatic heterocycles. The number of allylic oxidation sites excluding steroid dienone is 1. The maximum atomic E-state index is 12.1. The summed E-state index contributed by atoms with van der Waals surface area (Å²) in [7, 11) is 0. The predicted octanol–water partition coefficient (Wildman–Crippen LogP) is 3.63. The van der Waals surface area contributed by atoms with Crippen LogP contribution in [-0.4, -0.2) is 34.9 Å². The van der Waals surface area contributed by atoms with Gasteiger partial charge in [-0.05, 0) is 55.4 Å². The molecule has 0 aromatic carbocycles. The molecule has 0 aromatic heterocycles. The Morgan fingerprint density at radius 2 is 1.48 bits per heavy atom. The van der Waals surface area contributed by atoms with Gasteiger partial charge in [0.25, 0.3) is 0 Å². The van der Waals surface area contributed by atoms with Crippen molar-refractivity contribution in [1.29, 1.82) is 0 Å². The molecule has 1 N–H and O–H groups in total. The van der Waals surface area contributed by atoms with Gasteiger partial charge in [-0.15, -0.1) is 0 Å². The predicted molar refractivity (Wildman–Crippen MR) is 81.7 cm³/mol. The van der Waals surface area contributed by atoms with Gasteiger partial charge in [0.05, 0.1) is 6.54 Å². The number of ether oxygens (including phenoxy) is 2. The third kappa shape index (κ3) is 10.7. The fourth-order valence-corrected chi connectivity index (χ4v) is 1.17. The number of rotatable bonds is 2. The highest BCUT2D eigenvalue weighted by Crippen LogP contribution is 2.10. The molecule has 0 spiro atoms. The van der Waals surface area contributed by atoms with E-state index in [0.29, 0.717) is 0 Å². The average molecular weight is 300 g/mol. The van der Waals surface area contributed by atoms with Crippen LogP contribution in [0.3, 0.4) is 0 Å². The molecular weight excluding hydrogens is 272 g/mol. The molecule has 0 aliphatic rings. The lowest BCUT2D eigenvalue weighted by molar-refractivity contribution is 0.00405. The van der Waals surface area contributed by atoms with Crippen LogP contribution < -0.4 is 5.43 Å². The summed E-state index contributed by atoms with van der Waals surface area (Å²) in [5.41, 5.74) is 2.15. The van der Waals surface area contributed by atoms with E-state index < -0.39 is 23.4 Å². The fraction of sp³-hybridized carbons (Fsp3) is 0.733. The van der Waals surface area contributed by atoms with E-state index in [4.69, 9.17) is 9.47 Å². The zero-order chi connectivity index (χ0) is 16.8. The van der Waals surface area contributed by atoms with E-state index in [1.165, 1.54) is 0 Å². The van der Waals surface area contributed by atoms with Crippen molar-refractivity contribution in [3.63, 3.8) is 0 Å². The highest BCUT2D eigenvalue weighted by Gasteiger charge is 2.25. The molecule has 0 unspecified atom stereocenters. The summed E-state index contributed by atoms with van der Waals surface area (Å²) >= 11 is 0. The first-order valence-corrected chi connectivity index (χ1v) is 6.94. The Balaban J connectivity index is 4.86. The van der Waals surface area contributed by atoms with Crippen LogP contribution in [0, 0.1) is 0 Å². The fourth-order valence-electron chi connectivity index (χ4n) is 1.17. The quantitative estimate of drug-likeness (QED) is 0.624. The van der Waals surface area contributed by atoms with E-state index >= 15 is 0 Å². The van der Waals surface area contributed by atoms with Crippen molar-refractivity contribution in [3.05, 3.63) is 11.6 Å². The molecular formula is C15H28N2O4. The molecule has 0 fully saturated rings. The van der Waals surface area contributed by atoms with Crippen LogP contribution in [0.1, 0.15) is 55.4 Å². The summed E-state index contributed by atoms with van der Waals surface area (Å²) in [6, 6.07) is 0. The third-order valence-corrected chi connectivity index (χ3v) is 1.92. The van der Waals surface area contributed by atoms with Crippen LogP contribution in [0.25, 0.3) is 0 Å². The van der Waals surface area contributed by atoms with Crippen molar-refractivity contribution in [2.75, 3.05) is 6.54 Å². The van der Waals surface area contributed by atoms with Crippen molar-refractivity contribution in [3.8, 4) is 0 Å². The lowest BCUT2D eigenvalue weighted by Crippen LogP contribution is -2.49. The molecule has 6 heteroatoms. The zero-order valence-corrected chi connectivity index (χ0v) is 14.4. The van der Waals surface area contributed by atoms with E-state index in [1.807, 2.05) is 13.8 Å². The molecule has 0 rings (SSSR count). The van der Waals surface area contributed by atoms with Crippen molar-refractivity contribution >= 4 is 12.2 Å². The van der Waals surface area contributed by atoms with Crippen LogP contribution in [0.2, 0.25) is 0 Å². The third-order valence-electron chi connectivity index (χ3n) is 1.92. The van der Waals surface area contributed by atoms with Gasteiger partial charge in [-0.1, -0.05) is 11.6 Å². The highest BCUT2D eigenvalue weighted by atomic mass is 16.6. The topological polar surface area (TPSA) is 67.9 Å². The second-order valence-electron chi connectivity index (χ2n) is 6.99. The van der Waals surface area contributed by atoms with Gasteiger partial charge in [-0.25, -0.2) is 20.0 Å². The molecule has 0 aliphatic carbocycles. The van der Waals surface area contributed by atoms with E-state index in [-0.39, 0.29) is 6.54 Å². The summed E-state index contributed by atoms with van der Waals surface area (Å²) in [5, 5.41) is 1.09. The van der Waals surface area contributed by atoms with Crippen LogP contribution in [0.5, 0.6) is 0 Å². The minimum atomic E-state index is -0.699. The highest BCUT2D eigenvalue weighted by molar-refractivity contribution is 5.74. The van der Waals surface area contributed by atoms with Crippen LogP contribution >= 0.6 is 0 Å². The lowest BCUT2D eigenvalue weighted by Gasteiger charge is -2.28. The van der Waals surface area contributed by atoms with Gasteiger partial charge >= 0.3 is 12.2 Å². The Bertz CT molecular complexity index is 399. The van der Waals surface area contributed by atoms with Gasteiger partial charge in [0.1, 0.15) is 11.2 Å². The summed E-state index contributed by atoms with van der Waals surface area (Å²) in [6.45, 7) is 14.5. The first-order chi connectivity index (χ1) is 9.30. The molecule has 2 amide bonds. The van der Waals surface area contributed by atoms with E-state index in [2.05, 4.69) is 5.43 Å². The normalized spacial score (nSPS) is 11.4. The number of hydrogen-bond donors (Lipinski definition) is 1. The first-order valence-electron chi connectivity index (χ1n) is 6.94. The minimum absolute atomic E-state index is 0.205. The van der Waals surface area contributed by atoms with Gasteiger partial charge in [0, 0.05) is 0 Å². The van der Waals surface area contributed by atoms with Crippen LogP contribution in [0.15, 0.2) is 11.6 Å². The standard InChI is InChI=1S/C15H28N2O4/c1-11(2)9-10-17(13(19)21-15(6,7)8)16-12(18)20-14(3,4)5/h9H,10H2,1-8H3,(H,16,18). The molecule has 0 radical (unpaired) electrons. The number of carbonyl (C=O) groups is 2. The Hall–Kier alpha value is -1.72. The Morgan fingerprint density at radius 3 is 1.86 bits per heavy atom. The molecule has 0 saturated carbocycles. The molecule has 0 atom stereocenters. The summed E-state index contributed by atoms with van der Waals surface area (Å²) < 4.78 is 10.4. The van der Waals surface area contributed by atoms with Gasteiger partial charge < -0.3 is 9.47 Å². The van der Waals surface area contributed by atoms with Crippen LogP contribution in [0.4, 0.5) is 9.59 Å². The zero-order valence-electron chi connectivity index (χ0n) is 14.4. The number of nitrogens with zero attached hydrogens (tertiary/aromatic N) is 1. The molecule has 0 aromatic rings. The van der Waals surface area contributed by atoms with Gasteiger partial charge in [0.15, 0.2) is 0 Å². The second kappa shape index (κ2) is 7.33. The summed E-state index contributed by atoms with van der Waals surface area (Å²) in [4.78, 5) is 23.9. The van der Waals surface area contributed by atoms with E-state index in [0.717, 1.165) is 10.6 Å². The minimum Gasteiger partial charge on any atom is -0.443 e. The monoisotopic (exact) mass is 300 g/mol. The van der Waals surface area contributed by atoms with E-state index in [1.54, 1.807) is 47.6 Å². The first kappa shape index (κ1) is 19.3. The number of hydrogen-bond acceptors (Lipinski definition) is 4. The number of nitrogens with one attached hydrogen (secondary N) is 1. The Kier molecular flexibility index (Phi) is 6.73. The number of amides is 2. The van der Waals surface area contributed by atoms with Crippen molar-refractivity contribution in [1.82, 2.24) is 10.4 Å². The molecule has 6 nitrogen and oxygen atoms in total. The number of carbonyl (C=O) groups excluding carboxylic acids is 2. The Morgan fingerprint density at radius 1 is 1.00 bits per heavy atom. The molecule has 21 heavy (non-hydrogen) atoms. The second-order valence-corrected chi connectivity index (χ2v) is 6.99. The molecule has 122 valence electrons. The maximum Gasteiger partial charge on any atom is 0.429 e. The SMILES string of the molecule is CC(C)=CCN(NC(=O)OC(C)(C)C)C(=O)OC(C)(C)C. The average Bonchev–Trinajstić information content (AvgIpc) is 2.18. The van der Waals surface area contributed by atoms with Crippen molar-refractivity contribution < 1.29 is 19.1 Å². The Labute approximate surface area is 127 Å². The van der Waals surface area contributed by atoms with Gasteiger partial charge in [-0.3, -0.25) is 0 Å². The molecule has 0 saturated heterocycles. The maximum absolute atomic E-state index is 12.1. The van der Waals surface area contributed by atoms with Crippen molar-refractivity contribution in [2.45, 2.75) is 66.6 Å². The number of hydrazine groups is 1. The smallest absolute Gasteiger partial charge is 0.429 e. The lowest BCUT2D eigenvalue weighted by atomic mass is 10.2. The van der Waals surface area contributed by atoms with Gasteiger partial charge in [-0.2, -0.15) is 0 Å². The van der Waals surface area contributed by atoms with Crippen LogP contribution in [-0.2, 0) is 9.47 Å². The molecule has 0 bridgehead atoms. The summed E-state index contributed by atoms with van der Waals surface area (Å²) in [6.07, 6.45) is 0.475. The summed E-state index contributed by atoms with van der Waals surface area (Å²) in [5.74, 6) is 0. The van der Waals surface area contributed by atoms with E-state index in [9.17, 15) is 9.59 Å².